The molecule has 1 heterocycles. The predicted molar refractivity (Wildman–Crippen MR) is 76.7 cm³/mol. The number of fused-ring (bicyclic) bond motifs is 2. The van der Waals surface area contributed by atoms with Crippen molar-refractivity contribution in [2.24, 2.45) is 5.92 Å². The van der Waals surface area contributed by atoms with Crippen molar-refractivity contribution in [3.8, 4) is 0 Å². The Morgan fingerprint density at radius 2 is 2.00 bits per heavy atom. The van der Waals surface area contributed by atoms with Crippen molar-refractivity contribution in [3.63, 3.8) is 0 Å². The lowest BCUT2D eigenvalue weighted by molar-refractivity contribution is -0.139. The number of piperidine rings is 1. The molecule has 0 spiro atoms. The summed E-state index contributed by atoms with van der Waals surface area (Å²) >= 11 is 0. The minimum Gasteiger partial charge on any atom is -0.480 e. The number of hydrogen-bond donors (Lipinski definition) is 2. The number of carbonyl (C=O) groups is 1. The fraction of sp³-hybridized carbons (Fsp3) is 0.500. The van der Waals surface area contributed by atoms with Gasteiger partial charge in [-0.05, 0) is 30.7 Å². The molecule has 114 valence electrons. The first-order chi connectivity index (χ1) is 9.97. The van der Waals surface area contributed by atoms with Crippen molar-refractivity contribution in [2.75, 3.05) is 6.54 Å². The Balaban J connectivity index is 1.81. The van der Waals surface area contributed by atoms with Crippen LogP contribution in [0, 0.1) is 5.92 Å². The van der Waals surface area contributed by atoms with E-state index in [4.69, 9.17) is 0 Å². The number of carboxylic acids is 1. The zero-order valence-corrected chi connectivity index (χ0v) is 12.3. The lowest BCUT2D eigenvalue weighted by Crippen LogP contribution is -2.47. The molecule has 2 N–H and O–H groups in total. The van der Waals surface area contributed by atoms with Gasteiger partial charge in [0.15, 0.2) is 0 Å². The molecule has 1 aliphatic heterocycles. The summed E-state index contributed by atoms with van der Waals surface area (Å²) in [5, 5.41) is 9.32. The Labute approximate surface area is 124 Å². The quantitative estimate of drug-likeness (QED) is 0.853. The maximum atomic E-state index is 12.5. The van der Waals surface area contributed by atoms with Gasteiger partial charge in [-0.15, -0.1) is 0 Å². The van der Waals surface area contributed by atoms with Gasteiger partial charge in [0.2, 0.25) is 0 Å². The van der Waals surface area contributed by atoms with Crippen LogP contribution < -0.4 is 4.72 Å². The Kier molecular flexibility index (Phi) is 3.73. The molecule has 2 aliphatic rings. The molecule has 6 nitrogen and oxygen atoms in total. The zero-order chi connectivity index (χ0) is 15.0. The minimum atomic E-state index is -3.78. The maximum absolute atomic E-state index is 12.5. The van der Waals surface area contributed by atoms with E-state index in [-0.39, 0.29) is 6.04 Å². The monoisotopic (exact) mass is 310 g/mol. The number of nitrogens with one attached hydrogen (secondary N) is 1. The molecule has 0 radical (unpaired) electrons. The molecule has 2 unspecified atom stereocenters. The first-order valence-electron chi connectivity index (χ1n) is 7.04. The topological polar surface area (TPSA) is 86.7 Å². The summed E-state index contributed by atoms with van der Waals surface area (Å²) in [5.41, 5.74) is 0.429. The fourth-order valence-corrected chi connectivity index (χ4v) is 4.96. The SMILES string of the molecule is O=C(O)[C@@H](NS(=O)(=O)N1CC2CCC1C2)c1ccccc1. The number of benzene rings is 1. The van der Waals surface area contributed by atoms with Gasteiger partial charge in [-0.2, -0.15) is 17.4 Å². The van der Waals surface area contributed by atoms with Gasteiger partial charge < -0.3 is 5.11 Å². The lowest BCUT2D eigenvalue weighted by Gasteiger charge is -2.27. The largest absolute Gasteiger partial charge is 0.480 e. The summed E-state index contributed by atoms with van der Waals surface area (Å²) in [6, 6.07) is 7.13. The standard InChI is InChI=1S/C14H18N2O4S/c17-14(18)13(11-4-2-1-3-5-11)15-21(19,20)16-9-10-6-7-12(16)8-10/h1-5,10,12-13,15H,6-9H2,(H,17,18)/t10?,12?,13-/m0/s1. The van der Waals surface area contributed by atoms with Gasteiger partial charge in [-0.3, -0.25) is 4.79 Å². The molecule has 3 rings (SSSR count). The predicted octanol–water partition coefficient (Wildman–Crippen LogP) is 1.13. The van der Waals surface area contributed by atoms with Crippen LogP contribution in [0.15, 0.2) is 30.3 Å². The van der Waals surface area contributed by atoms with E-state index in [0.717, 1.165) is 19.3 Å². The van der Waals surface area contributed by atoms with Gasteiger partial charge in [-0.1, -0.05) is 30.3 Å². The van der Waals surface area contributed by atoms with Crippen LogP contribution in [0.25, 0.3) is 0 Å². The average Bonchev–Trinajstić information content (AvgIpc) is 3.08. The van der Waals surface area contributed by atoms with E-state index in [1.165, 1.54) is 4.31 Å². The van der Waals surface area contributed by atoms with E-state index in [2.05, 4.69) is 4.72 Å². The summed E-state index contributed by atoms with van der Waals surface area (Å²) < 4.78 is 28.7. The normalized spacial score (nSPS) is 26.9. The highest BCUT2D eigenvalue weighted by molar-refractivity contribution is 7.87. The van der Waals surface area contributed by atoms with Crippen molar-refractivity contribution < 1.29 is 18.3 Å². The molecule has 0 aromatic heterocycles. The molecule has 21 heavy (non-hydrogen) atoms. The highest BCUT2D eigenvalue weighted by Crippen LogP contribution is 2.38. The number of rotatable bonds is 5. The second-order valence-electron chi connectivity index (χ2n) is 5.71. The van der Waals surface area contributed by atoms with Crippen LogP contribution in [0.1, 0.15) is 30.9 Å². The zero-order valence-electron chi connectivity index (χ0n) is 11.5. The fourth-order valence-electron chi connectivity index (χ4n) is 3.30. The van der Waals surface area contributed by atoms with Crippen LogP contribution in [0.5, 0.6) is 0 Å². The van der Waals surface area contributed by atoms with Crippen LogP contribution in [0.2, 0.25) is 0 Å². The Morgan fingerprint density at radius 1 is 1.29 bits per heavy atom. The number of aliphatic carboxylic acids is 1. The van der Waals surface area contributed by atoms with E-state index >= 15 is 0 Å². The van der Waals surface area contributed by atoms with E-state index in [1.807, 2.05) is 0 Å². The smallest absolute Gasteiger partial charge is 0.326 e. The van der Waals surface area contributed by atoms with Crippen LogP contribution in [0.4, 0.5) is 0 Å². The number of hydrogen-bond acceptors (Lipinski definition) is 3. The van der Waals surface area contributed by atoms with E-state index in [0.29, 0.717) is 18.0 Å². The Morgan fingerprint density at radius 3 is 2.52 bits per heavy atom. The third-order valence-corrected chi connectivity index (χ3v) is 5.91. The van der Waals surface area contributed by atoms with Crippen LogP contribution in [-0.4, -0.2) is 36.4 Å². The van der Waals surface area contributed by atoms with E-state index in [1.54, 1.807) is 30.3 Å². The molecule has 1 saturated heterocycles. The average molecular weight is 310 g/mol. The van der Waals surface area contributed by atoms with E-state index < -0.39 is 22.2 Å². The Hall–Kier alpha value is -1.44. The van der Waals surface area contributed by atoms with Crippen LogP contribution in [-0.2, 0) is 15.0 Å². The van der Waals surface area contributed by atoms with Gasteiger partial charge in [-0.25, -0.2) is 0 Å². The number of carboxylic acid groups (broad SMARTS) is 1. The van der Waals surface area contributed by atoms with Crippen molar-refractivity contribution >= 4 is 16.2 Å². The molecule has 1 aliphatic carbocycles. The first kappa shape index (κ1) is 14.5. The molecule has 1 aromatic rings. The lowest BCUT2D eigenvalue weighted by atomic mass is 10.1. The van der Waals surface area contributed by atoms with Crippen molar-refractivity contribution in [1.29, 1.82) is 0 Å². The molecule has 1 aromatic carbocycles. The molecular formula is C14H18N2O4S. The summed E-state index contributed by atoms with van der Waals surface area (Å²) in [6.45, 7) is 0.501. The molecule has 1 saturated carbocycles. The molecule has 2 fully saturated rings. The highest BCUT2D eigenvalue weighted by Gasteiger charge is 2.44. The van der Waals surface area contributed by atoms with Crippen molar-refractivity contribution in [1.82, 2.24) is 9.03 Å². The van der Waals surface area contributed by atoms with Gasteiger partial charge in [0, 0.05) is 12.6 Å². The van der Waals surface area contributed by atoms with Gasteiger partial charge >= 0.3 is 5.97 Å². The molecule has 0 amide bonds. The number of nitrogens with zero attached hydrogens (tertiary/aromatic N) is 1. The van der Waals surface area contributed by atoms with Crippen molar-refractivity contribution in [3.05, 3.63) is 35.9 Å². The van der Waals surface area contributed by atoms with E-state index in [9.17, 15) is 18.3 Å². The molecule has 2 bridgehead atoms. The first-order valence-corrected chi connectivity index (χ1v) is 8.48. The molecule has 7 heteroatoms. The second kappa shape index (κ2) is 5.40. The van der Waals surface area contributed by atoms with Crippen molar-refractivity contribution in [2.45, 2.75) is 31.3 Å². The highest BCUT2D eigenvalue weighted by atomic mass is 32.2. The molecule has 3 atom stereocenters. The van der Waals surface area contributed by atoms with Gasteiger partial charge in [0.05, 0.1) is 0 Å². The van der Waals surface area contributed by atoms with Gasteiger partial charge in [0.25, 0.3) is 10.2 Å². The summed E-state index contributed by atoms with van der Waals surface area (Å²) in [5.74, 6) is -0.777. The maximum Gasteiger partial charge on any atom is 0.326 e. The third kappa shape index (κ3) is 2.81. The summed E-state index contributed by atoms with van der Waals surface area (Å²) in [7, 11) is -3.78. The summed E-state index contributed by atoms with van der Waals surface area (Å²) in [4.78, 5) is 11.4. The van der Waals surface area contributed by atoms with Crippen LogP contribution >= 0.6 is 0 Å². The minimum absolute atomic E-state index is 0.0257. The second-order valence-corrected chi connectivity index (χ2v) is 7.36. The van der Waals surface area contributed by atoms with Crippen LogP contribution in [0.3, 0.4) is 0 Å². The Bertz CT molecular complexity index is 632. The molecular weight excluding hydrogens is 292 g/mol. The third-order valence-electron chi connectivity index (χ3n) is 4.31. The van der Waals surface area contributed by atoms with Gasteiger partial charge in [0.1, 0.15) is 6.04 Å². The summed E-state index contributed by atoms with van der Waals surface area (Å²) in [6.07, 6.45) is 2.83.